The summed E-state index contributed by atoms with van der Waals surface area (Å²) in [5, 5.41) is 14.9. The van der Waals surface area contributed by atoms with E-state index < -0.39 is 12.0 Å². The van der Waals surface area contributed by atoms with Crippen LogP contribution in [0.3, 0.4) is 0 Å². The lowest BCUT2D eigenvalue weighted by atomic mass is 9.84. The van der Waals surface area contributed by atoms with Crippen LogP contribution >= 0.6 is 0 Å². The number of hydrogen-bond donors (Lipinski definition) is 3. The molecule has 1 aliphatic rings. The zero-order valence-electron chi connectivity index (χ0n) is 15.2. The third kappa shape index (κ3) is 6.17. The summed E-state index contributed by atoms with van der Waals surface area (Å²) >= 11 is 0. The van der Waals surface area contributed by atoms with Gasteiger partial charge in [-0.1, -0.05) is 49.6 Å². The van der Waals surface area contributed by atoms with Crippen molar-refractivity contribution in [2.24, 2.45) is 5.92 Å². The van der Waals surface area contributed by atoms with Gasteiger partial charge in [-0.15, -0.1) is 0 Å². The quantitative estimate of drug-likeness (QED) is 0.664. The van der Waals surface area contributed by atoms with Crippen molar-refractivity contribution in [3.63, 3.8) is 0 Å². The number of aliphatic carboxylic acids is 1. The zero-order chi connectivity index (χ0) is 18.9. The van der Waals surface area contributed by atoms with Crippen LogP contribution in [0.4, 0.5) is 0 Å². The number of carbonyl (C=O) groups is 3. The molecule has 2 atom stereocenters. The van der Waals surface area contributed by atoms with E-state index in [0.717, 1.165) is 37.7 Å². The molecule has 2 rings (SSSR count). The molecule has 0 bridgehead atoms. The van der Waals surface area contributed by atoms with E-state index >= 15 is 0 Å². The van der Waals surface area contributed by atoms with Gasteiger partial charge in [0.05, 0.1) is 6.04 Å². The van der Waals surface area contributed by atoms with Crippen molar-refractivity contribution in [1.29, 1.82) is 0 Å². The first-order valence-electron chi connectivity index (χ1n) is 9.34. The Bertz CT molecular complexity index is 611. The molecule has 0 spiro atoms. The number of nitrogens with one attached hydrogen (secondary N) is 2. The molecule has 6 heteroatoms. The van der Waals surface area contributed by atoms with Crippen LogP contribution in [0.2, 0.25) is 0 Å². The van der Waals surface area contributed by atoms with E-state index in [4.69, 9.17) is 0 Å². The average Bonchev–Trinajstić information content (AvgIpc) is 2.65. The van der Waals surface area contributed by atoms with Crippen molar-refractivity contribution < 1.29 is 19.5 Å². The Morgan fingerprint density at radius 2 is 1.58 bits per heavy atom. The van der Waals surface area contributed by atoms with Gasteiger partial charge in [-0.05, 0) is 31.2 Å². The van der Waals surface area contributed by atoms with Gasteiger partial charge in [0.2, 0.25) is 11.8 Å². The van der Waals surface area contributed by atoms with Gasteiger partial charge in [0, 0.05) is 12.8 Å². The van der Waals surface area contributed by atoms with Crippen molar-refractivity contribution in [2.45, 2.75) is 64.0 Å². The second-order valence-electron chi connectivity index (χ2n) is 6.98. The first-order valence-corrected chi connectivity index (χ1v) is 9.34. The van der Waals surface area contributed by atoms with Crippen molar-refractivity contribution >= 4 is 17.8 Å². The largest absolute Gasteiger partial charge is 0.480 e. The molecule has 0 unspecified atom stereocenters. The Hall–Kier alpha value is -2.37. The van der Waals surface area contributed by atoms with E-state index in [1.54, 1.807) is 0 Å². The Morgan fingerprint density at radius 3 is 2.15 bits per heavy atom. The summed E-state index contributed by atoms with van der Waals surface area (Å²) in [6.07, 6.45) is 4.81. The van der Waals surface area contributed by atoms with Crippen LogP contribution in [-0.2, 0) is 14.4 Å². The molecule has 1 aliphatic carbocycles. The molecule has 1 saturated carbocycles. The van der Waals surface area contributed by atoms with E-state index in [2.05, 4.69) is 10.6 Å². The van der Waals surface area contributed by atoms with Crippen LogP contribution in [-0.4, -0.2) is 28.9 Å². The van der Waals surface area contributed by atoms with Gasteiger partial charge in [0.15, 0.2) is 0 Å². The van der Waals surface area contributed by atoms with Gasteiger partial charge in [0.1, 0.15) is 6.04 Å². The van der Waals surface area contributed by atoms with Crippen LogP contribution in [0, 0.1) is 5.92 Å². The van der Waals surface area contributed by atoms with E-state index in [0.29, 0.717) is 0 Å². The van der Waals surface area contributed by atoms with Gasteiger partial charge in [0.25, 0.3) is 0 Å². The summed E-state index contributed by atoms with van der Waals surface area (Å²) in [5.74, 6) is -1.61. The molecule has 0 aliphatic heterocycles. The molecule has 0 radical (unpaired) electrons. The number of carboxylic acid groups (broad SMARTS) is 1. The number of rotatable bonds is 8. The summed E-state index contributed by atoms with van der Waals surface area (Å²) < 4.78 is 0. The zero-order valence-corrected chi connectivity index (χ0v) is 15.2. The van der Waals surface area contributed by atoms with Crippen LogP contribution < -0.4 is 10.6 Å². The second kappa shape index (κ2) is 9.94. The molecule has 1 fully saturated rings. The Labute approximate surface area is 154 Å². The van der Waals surface area contributed by atoms with Gasteiger partial charge in [-0.2, -0.15) is 0 Å². The molecule has 0 aromatic heterocycles. The smallest absolute Gasteiger partial charge is 0.326 e. The fraction of sp³-hybridized carbons (Fsp3) is 0.550. The van der Waals surface area contributed by atoms with E-state index in [1.165, 1.54) is 0 Å². The topological polar surface area (TPSA) is 95.5 Å². The van der Waals surface area contributed by atoms with Crippen molar-refractivity contribution in [2.75, 3.05) is 0 Å². The summed E-state index contributed by atoms with van der Waals surface area (Å²) in [4.78, 5) is 35.6. The third-order valence-electron chi connectivity index (χ3n) is 4.96. The minimum Gasteiger partial charge on any atom is -0.480 e. The molecule has 1 aromatic rings. The standard InChI is InChI=1S/C20H28N2O4/c1-14(15-8-4-2-5-9-15)21-17(23)12-13-18(24)22-19(20(25)26)16-10-6-3-7-11-16/h2,4-5,8-9,14,16,19H,3,6-7,10-13H2,1H3,(H,21,23)(H,22,24)(H,25,26)/t14-,19+/m1/s1. The van der Waals surface area contributed by atoms with E-state index in [1.807, 2.05) is 37.3 Å². The highest BCUT2D eigenvalue weighted by Crippen LogP contribution is 2.26. The van der Waals surface area contributed by atoms with Gasteiger partial charge < -0.3 is 15.7 Å². The molecule has 0 heterocycles. The minimum absolute atomic E-state index is 0.0101. The van der Waals surface area contributed by atoms with Crippen LogP contribution in [0.5, 0.6) is 0 Å². The van der Waals surface area contributed by atoms with Crippen LogP contribution in [0.25, 0.3) is 0 Å². The molecule has 1 aromatic carbocycles. The maximum Gasteiger partial charge on any atom is 0.326 e. The first-order chi connectivity index (χ1) is 12.5. The molecule has 6 nitrogen and oxygen atoms in total. The highest BCUT2D eigenvalue weighted by molar-refractivity contribution is 5.87. The monoisotopic (exact) mass is 360 g/mol. The molecule has 3 N–H and O–H groups in total. The number of benzene rings is 1. The molecule has 0 saturated heterocycles. The summed E-state index contributed by atoms with van der Waals surface area (Å²) in [7, 11) is 0. The Kier molecular flexibility index (Phi) is 7.63. The van der Waals surface area contributed by atoms with Crippen molar-refractivity contribution in [3.8, 4) is 0 Å². The normalized spacial score (nSPS) is 17.1. The highest BCUT2D eigenvalue weighted by Gasteiger charge is 2.30. The van der Waals surface area contributed by atoms with E-state index in [-0.39, 0.29) is 36.6 Å². The highest BCUT2D eigenvalue weighted by atomic mass is 16.4. The molecule has 2 amide bonds. The minimum atomic E-state index is -0.993. The number of carboxylic acids is 1. The average molecular weight is 360 g/mol. The predicted molar refractivity (Wildman–Crippen MR) is 98.4 cm³/mol. The second-order valence-corrected chi connectivity index (χ2v) is 6.98. The first kappa shape index (κ1) is 19.9. The lowest BCUT2D eigenvalue weighted by Gasteiger charge is -2.28. The van der Waals surface area contributed by atoms with Crippen LogP contribution in [0.1, 0.15) is 63.5 Å². The number of hydrogen-bond acceptors (Lipinski definition) is 3. The summed E-state index contributed by atoms with van der Waals surface area (Å²) in [6, 6.07) is 8.59. The Balaban J connectivity index is 1.77. The van der Waals surface area contributed by atoms with E-state index in [9.17, 15) is 19.5 Å². The lowest BCUT2D eigenvalue weighted by Crippen LogP contribution is -2.46. The fourth-order valence-corrected chi connectivity index (χ4v) is 3.46. The number of amides is 2. The Morgan fingerprint density at radius 1 is 1.00 bits per heavy atom. The maximum absolute atomic E-state index is 12.1. The predicted octanol–water partition coefficient (Wildman–Crippen LogP) is 2.79. The van der Waals surface area contributed by atoms with Crippen molar-refractivity contribution in [3.05, 3.63) is 35.9 Å². The third-order valence-corrected chi connectivity index (χ3v) is 4.96. The SMILES string of the molecule is C[C@@H](NC(=O)CCC(=O)N[C@H](C(=O)O)C1CCCCC1)c1ccccc1. The summed E-state index contributed by atoms with van der Waals surface area (Å²) in [5.41, 5.74) is 0.994. The summed E-state index contributed by atoms with van der Waals surface area (Å²) in [6.45, 7) is 1.89. The number of carbonyl (C=O) groups excluding carboxylic acids is 2. The maximum atomic E-state index is 12.1. The van der Waals surface area contributed by atoms with Crippen molar-refractivity contribution in [1.82, 2.24) is 10.6 Å². The molecule has 26 heavy (non-hydrogen) atoms. The lowest BCUT2D eigenvalue weighted by molar-refractivity contribution is -0.143. The molecular weight excluding hydrogens is 332 g/mol. The van der Waals surface area contributed by atoms with Gasteiger partial charge >= 0.3 is 5.97 Å². The fourth-order valence-electron chi connectivity index (χ4n) is 3.46. The van der Waals surface area contributed by atoms with Gasteiger partial charge in [-0.25, -0.2) is 4.79 Å². The van der Waals surface area contributed by atoms with Crippen LogP contribution in [0.15, 0.2) is 30.3 Å². The molecular formula is C20H28N2O4. The van der Waals surface area contributed by atoms with Gasteiger partial charge in [-0.3, -0.25) is 9.59 Å². The molecule has 142 valence electrons.